The van der Waals surface area contributed by atoms with Crippen molar-refractivity contribution in [3.05, 3.63) is 0 Å². The van der Waals surface area contributed by atoms with E-state index < -0.39 is 32.5 Å². The zero-order valence-corrected chi connectivity index (χ0v) is 11.5. The highest BCUT2D eigenvalue weighted by Gasteiger charge is 2.46. The van der Waals surface area contributed by atoms with E-state index in [1.807, 2.05) is 0 Å². The highest BCUT2D eigenvalue weighted by molar-refractivity contribution is 7.99. The van der Waals surface area contributed by atoms with Crippen molar-refractivity contribution in [3.63, 3.8) is 0 Å². The van der Waals surface area contributed by atoms with Crippen molar-refractivity contribution in [2.24, 2.45) is 0 Å². The van der Waals surface area contributed by atoms with Crippen LogP contribution >= 0.6 is 11.8 Å². The van der Waals surface area contributed by atoms with Crippen molar-refractivity contribution < 1.29 is 23.1 Å². The zero-order chi connectivity index (χ0) is 13.4. The van der Waals surface area contributed by atoms with E-state index in [9.17, 15) is 18.0 Å². The fourth-order valence-electron chi connectivity index (χ4n) is 1.35. The summed E-state index contributed by atoms with van der Waals surface area (Å²) < 4.78 is 21.5. The van der Waals surface area contributed by atoms with Crippen LogP contribution < -0.4 is 0 Å². The Balaban J connectivity index is 3.02. The topological polar surface area (TPSA) is 91.8 Å². The van der Waals surface area contributed by atoms with Crippen LogP contribution in [0.2, 0.25) is 0 Å². The predicted molar refractivity (Wildman–Crippen MR) is 64.5 cm³/mol. The van der Waals surface area contributed by atoms with Crippen LogP contribution in [-0.2, 0) is 19.4 Å². The van der Waals surface area contributed by atoms with E-state index in [1.165, 1.54) is 25.6 Å². The molecule has 1 fully saturated rings. The molecular weight excluding hydrogens is 266 g/mol. The minimum atomic E-state index is -3.58. The van der Waals surface area contributed by atoms with Gasteiger partial charge >= 0.3 is 5.97 Å². The third-order valence-electron chi connectivity index (χ3n) is 2.87. The van der Waals surface area contributed by atoms with Gasteiger partial charge < -0.3 is 10.0 Å². The molecule has 17 heavy (non-hydrogen) atoms. The molecule has 1 amide bonds. The maximum atomic E-state index is 12.1. The molecule has 0 bridgehead atoms. The Kier molecular flexibility index (Phi) is 3.78. The Morgan fingerprint density at radius 2 is 1.94 bits per heavy atom. The number of hydrogen-bond acceptors (Lipinski definition) is 5. The van der Waals surface area contributed by atoms with Gasteiger partial charge in [0.05, 0.1) is 5.88 Å². The minimum Gasteiger partial charge on any atom is -0.480 e. The lowest BCUT2D eigenvalue weighted by Crippen LogP contribution is -2.53. The van der Waals surface area contributed by atoms with Crippen molar-refractivity contribution in [3.8, 4) is 0 Å². The Morgan fingerprint density at radius 3 is 2.35 bits per heavy atom. The van der Waals surface area contributed by atoms with Crippen molar-refractivity contribution >= 4 is 33.5 Å². The lowest BCUT2D eigenvalue weighted by Gasteiger charge is -2.29. The van der Waals surface area contributed by atoms with Gasteiger partial charge in [0.25, 0.3) is 0 Å². The molecule has 0 aromatic heterocycles. The number of rotatable bonds is 3. The third kappa shape index (κ3) is 2.57. The summed E-state index contributed by atoms with van der Waals surface area (Å²) in [6.07, 6.45) is 0.976. The smallest absolute Gasteiger partial charge is 0.327 e. The number of amides is 1. The zero-order valence-electron chi connectivity index (χ0n) is 9.84. The number of carbonyl (C=O) groups is 2. The molecule has 0 aromatic rings. The molecule has 1 aliphatic heterocycles. The van der Waals surface area contributed by atoms with E-state index in [0.717, 1.165) is 11.2 Å². The van der Waals surface area contributed by atoms with Gasteiger partial charge in [-0.3, -0.25) is 4.79 Å². The molecular formula is C9H15NO5S2. The number of aliphatic carboxylic acids is 1. The van der Waals surface area contributed by atoms with Gasteiger partial charge in [0.2, 0.25) is 5.91 Å². The second-order valence-corrected chi connectivity index (χ2v) is 7.98. The molecule has 1 rings (SSSR count). The van der Waals surface area contributed by atoms with Crippen LogP contribution in [0, 0.1) is 0 Å². The van der Waals surface area contributed by atoms with Crippen LogP contribution in [0.15, 0.2) is 0 Å². The van der Waals surface area contributed by atoms with Crippen molar-refractivity contribution in [1.29, 1.82) is 0 Å². The van der Waals surface area contributed by atoms with Crippen LogP contribution in [0.3, 0.4) is 0 Å². The second kappa shape index (κ2) is 4.49. The molecule has 0 spiro atoms. The average molecular weight is 281 g/mol. The van der Waals surface area contributed by atoms with Gasteiger partial charge in [-0.05, 0) is 13.8 Å². The van der Waals surface area contributed by atoms with E-state index in [4.69, 9.17) is 5.11 Å². The monoisotopic (exact) mass is 281 g/mol. The van der Waals surface area contributed by atoms with Crippen LogP contribution in [-0.4, -0.2) is 59.0 Å². The van der Waals surface area contributed by atoms with Crippen molar-refractivity contribution in [2.75, 3.05) is 17.9 Å². The van der Waals surface area contributed by atoms with Crippen LogP contribution in [0.4, 0.5) is 0 Å². The summed E-state index contributed by atoms with van der Waals surface area (Å²) in [5.74, 6) is -1.25. The van der Waals surface area contributed by atoms with Crippen molar-refractivity contribution in [2.45, 2.75) is 24.6 Å². The SMILES string of the molecule is CC(C)(C(=O)N1CSC[C@H]1C(=O)O)S(C)(=O)=O. The maximum Gasteiger partial charge on any atom is 0.327 e. The van der Waals surface area contributed by atoms with E-state index in [1.54, 1.807) is 0 Å². The number of carboxylic acids is 1. The molecule has 0 saturated carbocycles. The Hall–Kier alpha value is -0.760. The molecule has 1 atom stereocenters. The molecule has 0 aromatic carbocycles. The number of sulfone groups is 1. The first kappa shape index (κ1) is 14.3. The molecule has 0 unspecified atom stereocenters. The number of hydrogen-bond donors (Lipinski definition) is 1. The summed E-state index contributed by atoms with van der Waals surface area (Å²) in [5.41, 5.74) is 0. The van der Waals surface area contributed by atoms with Gasteiger partial charge in [0.15, 0.2) is 9.84 Å². The Morgan fingerprint density at radius 1 is 1.41 bits per heavy atom. The normalized spacial score (nSPS) is 21.6. The second-order valence-electron chi connectivity index (χ2n) is 4.41. The molecule has 1 heterocycles. The van der Waals surface area contributed by atoms with Crippen LogP contribution in [0.25, 0.3) is 0 Å². The Labute approximate surface area is 104 Å². The molecule has 8 heteroatoms. The molecule has 98 valence electrons. The standard InChI is InChI=1S/C9H15NO5S2/c1-9(2,17(3,14)15)8(13)10-5-16-4-6(10)7(11)12/h6H,4-5H2,1-3H3,(H,11,12)/t6-/m0/s1. The first-order valence-corrected chi connectivity index (χ1v) is 7.95. The number of nitrogens with zero attached hydrogens (tertiary/aromatic N) is 1. The maximum absolute atomic E-state index is 12.1. The van der Waals surface area contributed by atoms with Gasteiger partial charge in [-0.1, -0.05) is 0 Å². The molecule has 6 nitrogen and oxygen atoms in total. The van der Waals surface area contributed by atoms with Crippen molar-refractivity contribution in [1.82, 2.24) is 4.90 Å². The minimum absolute atomic E-state index is 0.217. The van der Waals surface area contributed by atoms with Gasteiger partial charge in [0, 0.05) is 12.0 Å². The van der Waals surface area contributed by atoms with E-state index in [2.05, 4.69) is 0 Å². The van der Waals surface area contributed by atoms with Crippen LogP contribution in [0.1, 0.15) is 13.8 Å². The lowest BCUT2D eigenvalue weighted by atomic mass is 10.1. The largest absolute Gasteiger partial charge is 0.480 e. The lowest BCUT2D eigenvalue weighted by molar-refractivity contribution is -0.148. The Bertz CT molecular complexity index is 442. The fraction of sp³-hybridized carbons (Fsp3) is 0.778. The van der Waals surface area contributed by atoms with E-state index in [-0.39, 0.29) is 5.88 Å². The van der Waals surface area contributed by atoms with E-state index >= 15 is 0 Å². The molecule has 0 radical (unpaired) electrons. The van der Waals surface area contributed by atoms with Gasteiger partial charge in [-0.15, -0.1) is 11.8 Å². The summed E-state index contributed by atoms with van der Waals surface area (Å²) in [4.78, 5) is 24.2. The summed E-state index contributed by atoms with van der Waals surface area (Å²) in [6, 6.07) is -0.937. The predicted octanol–water partition coefficient (Wildman–Crippen LogP) is -0.204. The highest BCUT2D eigenvalue weighted by atomic mass is 32.2. The first-order chi connectivity index (χ1) is 7.59. The molecule has 0 aliphatic carbocycles. The third-order valence-corrected chi connectivity index (χ3v) is 5.91. The van der Waals surface area contributed by atoms with Gasteiger partial charge in [0.1, 0.15) is 10.8 Å². The summed E-state index contributed by atoms with van der Waals surface area (Å²) in [6.45, 7) is 2.60. The number of carboxylic acid groups (broad SMARTS) is 1. The molecule has 1 N–H and O–H groups in total. The van der Waals surface area contributed by atoms with E-state index in [0.29, 0.717) is 5.75 Å². The van der Waals surface area contributed by atoms with Gasteiger partial charge in [-0.25, -0.2) is 13.2 Å². The van der Waals surface area contributed by atoms with Crippen LogP contribution in [0.5, 0.6) is 0 Å². The summed E-state index contributed by atoms with van der Waals surface area (Å²) >= 11 is 1.30. The molecule has 1 aliphatic rings. The highest BCUT2D eigenvalue weighted by Crippen LogP contribution is 2.27. The fourth-order valence-corrected chi connectivity index (χ4v) is 2.93. The number of carbonyl (C=O) groups excluding carboxylic acids is 1. The number of thioether (sulfide) groups is 1. The first-order valence-electron chi connectivity index (χ1n) is 4.90. The summed E-state index contributed by atoms with van der Waals surface area (Å²) in [5, 5.41) is 8.94. The molecule has 1 saturated heterocycles. The quantitative estimate of drug-likeness (QED) is 0.770. The average Bonchev–Trinajstić information content (AvgIpc) is 2.62. The van der Waals surface area contributed by atoms with Gasteiger partial charge in [-0.2, -0.15) is 0 Å². The summed E-state index contributed by atoms with van der Waals surface area (Å²) in [7, 11) is -3.58.